The molecule has 24 heavy (non-hydrogen) atoms. The lowest BCUT2D eigenvalue weighted by Crippen LogP contribution is -2.52. The lowest BCUT2D eigenvalue weighted by atomic mass is 10.2. The summed E-state index contributed by atoms with van der Waals surface area (Å²) in [5, 5.41) is 2.89. The number of anilines is 1. The fraction of sp³-hybridized carbons (Fsp3) is 0.529. The van der Waals surface area contributed by atoms with Crippen LogP contribution < -0.4 is 5.32 Å². The van der Waals surface area contributed by atoms with Crippen molar-refractivity contribution in [2.75, 3.05) is 44.6 Å². The summed E-state index contributed by atoms with van der Waals surface area (Å²) in [5.74, 6) is 0.0719. The van der Waals surface area contributed by atoms with E-state index in [0.29, 0.717) is 39.3 Å². The summed E-state index contributed by atoms with van der Waals surface area (Å²) in [6, 6.07) is 7.51. The van der Waals surface area contributed by atoms with E-state index in [0.717, 1.165) is 23.0 Å². The molecule has 2 fully saturated rings. The summed E-state index contributed by atoms with van der Waals surface area (Å²) >= 11 is 3.37. The molecular weight excluding hydrogens is 374 g/mol. The van der Waals surface area contributed by atoms with Crippen LogP contribution in [0.25, 0.3) is 0 Å². The summed E-state index contributed by atoms with van der Waals surface area (Å²) in [6.45, 7) is 3.78. The molecule has 0 spiro atoms. The fourth-order valence-electron chi connectivity index (χ4n) is 3.04. The van der Waals surface area contributed by atoms with Crippen molar-refractivity contribution in [3.05, 3.63) is 28.7 Å². The van der Waals surface area contributed by atoms with Crippen molar-refractivity contribution < 1.29 is 14.3 Å². The van der Waals surface area contributed by atoms with Crippen molar-refractivity contribution in [1.82, 2.24) is 9.80 Å². The van der Waals surface area contributed by atoms with Gasteiger partial charge < -0.3 is 15.0 Å². The molecule has 0 saturated carbocycles. The topological polar surface area (TPSA) is 61.9 Å². The second-order valence-electron chi connectivity index (χ2n) is 6.16. The normalized spacial score (nSPS) is 21.7. The van der Waals surface area contributed by atoms with Crippen LogP contribution in [0.1, 0.15) is 12.8 Å². The Morgan fingerprint density at radius 3 is 2.50 bits per heavy atom. The van der Waals surface area contributed by atoms with E-state index >= 15 is 0 Å². The number of nitrogens with zero attached hydrogens (tertiary/aromatic N) is 2. The molecule has 2 amide bonds. The van der Waals surface area contributed by atoms with Crippen LogP contribution in [0.3, 0.4) is 0 Å². The smallest absolute Gasteiger partial charge is 0.251 e. The van der Waals surface area contributed by atoms with Crippen LogP contribution in [0.5, 0.6) is 0 Å². The third-order valence-corrected chi connectivity index (χ3v) is 4.91. The number of amides is 2. The molecule has 2 aliphatic heterocycles. The van der Waals surface area contributed by atoms with Gasteiger partial charge in [-0.15, -0.1) is 0 Å². The van der Waals surface area contributed by atoms with E-state index in [1.54, 1.807) is 0 Å². The maximum atomic E-state index is 12.3. The monoisotopic (exact) mass is 395 g/mol. The van der Waals surface area contributed by atoms with Gasteiger partial charge >= 0.3 is 0 Å². The number of hydrogen-bond donors (Lipinski definition) is 1. The van der Waals surface area contributed by atoms with Crippen LogP contribution in [0.15, 0.2) is 28.7 Å². The lowest BCUT2D eigenvalue weighted by molar-refractivity contribution is -0.142. The zero-order valence-corrected chi connectivity index (χ0v) is 15.1. The minimum Gasteiger partial charge on any atom is -0.368 e. The van der Waals surface area contributed by atoms with Gasteiger partial charge in [-0.2, -0.15) is 0 Å². The number of ether oxygens (including phenoxy) is 1. The van der Waals surface area contributed by atoms with Crippen molar-refractivity contribution in [3.63, 3.8) is 0 Å². The van der Waals surface area contributed by atoms with Gasteiger partial charge in [-0.1, -0.05) is 15.9 Å². The second-order valence-corrected chi connectivity index (χ2v) is 7.07. The molecule has 2 saturated heterocycles. The van der Waals surface area contributed by atoms with Gasteiger partial charge in [0, 0.05) is 42.9 Å². The van der Waals surface area contributed by atoms with E-state index in [2.05, 4.69) is 26.1 Å². The van der Waals surface area contributed by atoms with Gasteiger partial charge in [0.1, 0.15) is 6.10 Å². The molecule has 3 rings (SSSR count). The summed E-state index contributed by atoms with van der Waals surface area (Å²) in [7, 11) is 0. The van der Waals surface area contributed by atoms with Gasteiger partial charge in [-0.3, -0.25) is 14.5 Å². The quantitative estimate of drug-likeness (QED) is 0.842. The average Bonchev–Trinajstić information content (AvgIpc) is 3.11. The average molecular weight is 396 g/mol. The molecule has 2 heterocycles. The van der Waals surface area contributed by atoms with E-state index in [9.17, 15) is 9.59 Å². The minimum atomic E-state index is -0.253. The highest BCUT2D eigenvalue weighted by Crippen LogP contribution is 2.16. The summed E-state index contributed by atoms with van der Waals surface area (Å²) in [5.41, 5.74) is 0.787. The number of rotatable bonds is 4. The Labute approximate surface area is 150 Å². The van der Waals surface area contributed by atoms with Crippen LogP contribution in [-0.4, -0.2) is 67.0 Å². The molecule has 0 aromatic heterocycles. The molecule has 7 heteroatoms. The van der Waals surface area contributed by atoms with E-state index in [-0.39, 0.29) is 17.9 Å². The third-order valence-electron chi connectivity index (χ3n) is 4.38. The SMILES string of the molecule is O=C(CN1CCN(C(=O)[C@H]2CCCO2)CC1)Nc1ccc(Br)cc1. The molecule has 6 nitrogen and oxygen atoms in total. The van der Waals surface area contributed by atoms with Crippen LogP contribution in [0.2, 0.25) is 0 Å². The number of carbonyl (C=O) groups is 2. The highest BCUT2D eigenvalue weighted by Gasteiger charge is 2.30. The zero-order chi connectivity index (χ0) is 16.9. The van der Waals surface area contributed by atoms with E-state index in [1.807, 2.05) is 29.2 Å². The van der Waals surface area contributed by atoms with Gasteiger partial charge in [0.25, 0.3) is 5.91 Å². The Balaban J connectivity index is 1.42. The third kappa shape index (κ3) is 4.55. The first kappa shape index (κ1) is 17.4. The van der Waals surface area contributed by atoms with Crippen molar-refractivity contribution in [2.45, 2.75) is 18.9 Å². The minimum absolute atomic E-state index is 0.0313. The standard InChI is InChI=1S/C17H22BrN3O3/c18-13-3-5-14(6-4-13)19-16(22)12-20-7-9-21(10-8-20)17(23)15-2-1-11-24-15/h3-6,15H,1-2,7-12H2,(H,19,22)/t15-/m1/s1. The van der Waals surface area contributed by atoms with Crippen LogP contribution >= 0.6 is 15.9 Å². The molecule has 1 aromatic carbocycles. The molecule has 1 aromatic rings. The van der Waals surface area contributed by atoms with Crippen LogP contribution in [0.4, 0.5) is 5.69 Å². The maximum absolute atomic E-state index is 12.3. The maximum Gasteiger partial charge on any atom is 0.251 e. The fourth-order valence-corrected chi connectivity index (χ4v) is 3.30. The van der Waals surface area contributed by atoms with E-state index in [1.165, 1.54) is 0 Å². The predicted molar refractivity (Wildman–Crippen MR) is 94.8 cm³/mol. The Morgan fingerprint density at radius 2 is 1.88 bits per heavy atom. The van der Waals surface area contributed by atoms with Gasteiger partial charge in [-0.25, -0.2) is 0 Å². The van der Waals surface area contributed by atoms with E-state index in [4.69, 9.17) is 4.74 Å². The largest absolute Gasteiger partial charge is 0.368 e. The summed E-state index contributed by atoms with van der Waals surface area (Å²) in [4.78, 5) is 28.4. The van der Waals surface area contributed by atoms with Crippen LogP contribution in [-0.2, 0) is 14.3 Å². The lowest BCUT2D eigenvalue weighted by Gasteiger charge is -2.35. The first-order chi connectivity index (χ1) is 11.6. The molecule has 0 unspecified atom stereocenters. The number of carbonyl (C=O) groups excluding carboxylic acids is 2. The van der Waals surface area contributed by atoms with Crippen LogP contribution in [0, 0.1) is 0 Å². The molecule has 0 radical (unpaired) electrons. The molecule has 1 N–H and O–H groups in total. The molecule has 130 valence electrons. The second kappa shape index (κ2) is 8.09. The number of hydrogen-bond acceptors (Lipinski definition) is 4. The molecule has 0 bridgehead atoms. The Kier molecular flexibility index (Phi) is 5.86. The Bertz CT molecular complexity index is 579. The number of halogens is 1. The van der Waals surface area contributed by atoms with Crippen molar-refractivity contribution in [1.29, 1.82) is 0 Å². The van der Waals surface area contributed by atoms with Crippen molar-refractivity contribution >= 4 is 33.4 Å². The molecule has 0 aliphatic carbocycles. The molecule has 1 atom stereocenters. The number of benzene rings is 1. The van der Waals surface area contributed by atoms with Crippen molar-refractivity contribution in [2.24, 2.45) is 0 Å². The predicted octanol–water partition coefficient (Wildman–Crippen LogP) is 1.71. The van der Waals surface area contributed by atoms with Gasteiger partial charge in [0.05, 0.1) is 6.54 Å². The van der Waals surface area contributed by atoms with Gasteiger partial charge in [-0.05, 0) is 37.1 Å². The first-order valence-corrected chi connectivity index (χ1v) is 9.09. The zero-order valence-electron chi connectivity index (χ0n) is 13.5. The first-order valence-electron chi connectivity index (χ1n) is 8.30. The summed E-state index contributed by atoms with van der Waals surface area (Å²) < 4.78 is 6.44. The van der Waals surface area contributed by atoms with E-state index < -0.39 is 0 Å². The molecule has 2 aliphatic rings. The number of piperazine rings is 1. The Hall–Kier alpha value is -1.44. The highest BCUT2D eigenvalue weighted by molar-refractivity contribution is 9.10. The Morgan fingerprint density at radius 1 is 1.17 bits per heavy atom. The van der Waals surface area contributed by atoms with Gasteiger partial charge in [0.2, 0.25) is 5.91 Å². The molecular formula is C17H22BrN3O3. The van der Waals surface area contributed by atoms with Crippen molar-refractivity contribution in [3.8, 4) is 0 Å². The van der Waals surface area contributed by atoms with Gasteiger partial charge in [0.15, 0.2) is 0 Å². The number of nitrogens with one attached hydrogen (secondary N) is 1. The highest BCUT2D eigenvalue weighted by atomic mass is 79.9. The summed E-state index contributed by atoms with van der Waals surface area (Å²) in [6.07, 6.45) is 1.54.